The van der Waals surface area contributed by atoms with Gasteiger partial charge in [0.05, 0.1) is 11.9 Å². The Kier molecular flexibility index (Phi) is 34.5. The van der Waals surface area contributed by atoms with Crippen LogP contribution in [0, 0.1) is 0 Å². The maximum Gasteiger partial charge on any atom is 0.0982 e. The van der Waals surface area contributed by atoms with E-state index in [2.05, 4.69) is 32.3 Å². The van der Waals surface area contributed by atoms with Gasteiger partial charge in [0.1, 0.15) is 0 Å². The first-order chi connectivity index (χ1) is 20.7. The van der Waals surface area contributed by atoms with Gasteiger partial charge in [-0.1, -0.05) is 156 Å². The van der Waals surface area contributed by atoms with Crippen molar-refractivity contribution in [1.82, 2.24) is 4.90 Å². The molecule has 0 aromatic carbocycles. The van der Waals surface area contributed by atoms with E-state index in [0.717, 1.165) is 25.1 Å². The van der Waals surface area contributed by atoms with Gasteiger partial charge in [-0.15, -0.1) is 0 Å². The summed E-state index contributed by atoms with van der Waals surface area (Å²) in [5, 5.41) is 9.32. The molecule has 0 bridgehead atoms. The van der Waals surface area contributed by atoms with Crippen molar-refractivity contribution in [2.75, 3.05) is 26.2 Å². The van der Waals surface area contributed by atoms with Crippen LogP contribution in [-0.2, 0) is 4.74 Å². The molecular formula is C39H79NO2. The molecule has 0 aromatic heterocycles. The highest BCUT2D eigenvalue weighted by molar-refractivity contribution is 4.84. The van der Waals surface area contributed by atoms with Crippen LogP contribution < -0.4 is 0 Å². The van der Waals surface area contributed by atoms with Gasteiger partial charge in [-0.2, -0.15) is 0 Å². The van der Waals surface area contributed by atoms with Crippen LogP contribution >= 0.6 is 0 Å². The summed E-state index contributed by atoms with van der Waals surface area (Å²) in [6.07, 6.45) is 38.6. The average Bonchev–Trinajstić information content (AvgIpc) is 2.99. The topological polar surface area (TPSA) is 32.7 Å². The lowest BCUT2D eigenvalue weighted by atomic mass is 10.0. The molecule has 0 aliphatic rings. The van der Waals surface area contributed by atoms with E-state index >= 15 is 0 Å². The van der Waals surface area contributed by atoms with Crippen LogP contribution in [-0.4, -0.2) is 42.4 Å². The van der Waals surface area contributed by atoms with Gasteiger partial charge in [-0.3, -0.25) is 0 Å². The highest BCUT2D eigenvalue weighted by atomic mass is 16.5. The van der Waals surface area contributed by atoms with Crippen molar-refractivity contribution >= 4 is 0 Å². The molecule has 0 aromatic rings. The van der Waals surface area contributed by atoms with E-state index in [0.29, 0.717) is 12.7 Å². The quantitative estimate of drug-likeness (QED) is 0.0579. The summed E-state index contributed by atoms with van der Waals surface area (Å²) in [7, 11) is 0. The van der Waals surface area contributed by atoms with E-state index in [9.17, 15) is 5.11 Å². The maximum absolute atomic E-state index is 9.32. The molecule has 0 fully saturated rings. The molecule has 0 amide bonds. The SMILES string of the molecule is C=C(CCCCCCCN(CCCO)CCCCCCCCCC)OC(CCCCCCCC)CCCCCCCC. The predicted octanol–water partition coefficient (Wildman–Crippen LogP) is 12.6. The normalized spacial score (nSPS) is 11.7. The third-order valence-electron chi connectivity index (χ3n) is 8.98. The van der Waals surface area contributed by atoms with Gasteiger partial charge in [-0.25, -0.2) is 0 Å². The Balaban J connectivity index is 4.08. The lowest BCUT2D eigenvalue weighted by Crippen LogP contribution is -2.27. The fourth-order valence-corrected chi connectivity index (χ4v) is 6.15. The molecule has 0 radical (unpaired) electrons. The summed E-state index contributed by atoms with van der Waals surface area (Å²) >= 11 is 0. The molecule has 0 rings (SSSR count). The van der Waals surface area contributed by atoms with Crippen LogP contribution in [0.3, 0.4) is 0 Å². The van der Waals surface area contributed by atoms with Gasteiger partial charge >= 0.3 is 0 Å². The van der Waals surface area contributed by atoms with E-state index < -0.39 is 0 Å². The number of unbranched alkanes of at least 4 members (excludes halogenated alkanes) is 21. The van der Waals surface area contributed by atoms with Crippen molar-refractivity contribution in [1.29, 1.82) is 0 Å². The molecule has 3 nitrogen and oxygen atoms in total. The highest BCUT2D eigenvalue weighted by Gasteiger charge is 2.11. The minimum absolute atomic E-state index is 0.318. The molecule has 1 N–H and O–H groups in total. The smallest absolute Gasteiger partial charge is 0.0982 e. The Bertz CT molecular complexity index is 507. The number of rotatable bonds is 36. The first-order valence-electron chi connectivity index (χ1n) is 19.3. The van der Waals surface area contributed by atoms with Crippen LogP contribution in [0.4, 0.5) is 0 Å². The number of allylic oxidation sites excluding steroid dienone is 1. The van der Waals surface area contributed by atoms with Gasteiger partial charge in [0, 0.05) is 19.6 Å². The molecule has 3 heteroatoms. The lowest BCUT2D eigenvalue weighted by molar-refractivity contribution is 0.0895. The zero-order chi connectivity index (χ0) is 30.8. The van der Waals surface area contributed by atoms with Gasteiger partial charge in [0.2, 0.25) is 0 Å². The summed E-state index contributed by atoms with van der Waals surface area (Å²) in [5.41, 5.74) is 0. The van der Waals surface area contributed by atoms with Crippen LogP contribution in [0.15, 0.2) is 12.3 Å². The van der Waals surface area contributed by atoms with Crippen molar-refractivity contribution in [3.63, 3.8) is 0 Å². The number of hydrogen-bond acceptors (Lipinski definition) is 3. The third-order valence-corrected chi connectivity index (χ3v) is 8.98. The second-order valence-corrected chi connectivity index (χ2v) is 13.3. The standard InChI is InChI=1S/C39H79NO2/c1-5-8-11-14-17-18-23-28-34-40(36-30-37-41)35-29-24-19-20-25-31-38(4)42-39(32-26-21-15-12-9-6-2)33-27-22-16-13-10-7-3/h39,41H,4-37H2,1-3H3. The summed E-state index contributed by atoms with van der Waals surface area (Å²) in [6.45, 7) is 15.0. The number of nitrogens with zero attached hydrogens (tertiary/aromatic N) is 1. The summed E-state index contributed by atoms with van der Waals surface area (Å²) < 4.78 is 6.46. The summed E-state index contributed by atoms with van der Waals surface area (Å²) in [6, 6.07) is 0. The van der Waals surface area contributed by atoms with Crippen molar-refractivity contribution in [2.45, 2.75) is 213 Å². The molecule has 0 aliphatic heterocycles. The molecule has 0 saturated heterocycles. The van der Waals surface area contributed by atoms with Crippen LogP contribution in [0.5, 0.6) is 0 Å². The van der Waals surface area contributed by atoms with Gasteiger partial charge in [-0.05, 0) is 64.5 Å². The summed E-state index contributed by atoms with van der Waals surface area (Å²) in [5.74, 6) is 1.04. The van der Waals surface area contributed by atoms with Crippen molar-refractivity contribution in [2.24, 2.45) is 0 Å². The van der Waals surface area contributed by atoms with Crippen molar-refractivity contribution in [3.05, 3.63) is 12.3 Å². The van der Waals surface area contributed by atoms with Crippen molar-refractivity contribution < 1.29 is 9.84 Å². The second kappa shape index (κ2) is 34.9. The molecule has 0 unspecified atom stereocenters. The first kappa shape index (κ1) is 41.5. The Morgan fingerprint density at radius 2 is 0.857 bits per heavy atom. The van der Waals surface area contributed by atoms with E-state index in [1.165, 1.54) is 186 Å². The van der Waals surface area contributed by atoms with Crippen LogP contribution in [0.1, 0.15) is 207 Å². The fraction of sp³-hybridized carbons (Fsp3) is 0.949. The van der Waals surface area contributed by atoms with E-state index in [1.807, 2.05) is 0 Å². The molecule has 0 spiro atoms. The highest BCUT2D eigenvalue weighted by Crippen LogP contribution is 2.21. The molecule has 42 heavy (non-hydrogen) atoms. The zero-order valence-corrected chi connectivity index (χ0v) is 29.4. The molecule has 252 valence electrons. The minimum Gasteiger partial charge on any atom is -0.495 e. The lowest BCUT2D eigenvalue weighted by Gasteiger charge is -2.22. The van der Waals surface area contributed by atoms with E-state index in [4.69, 9.17) is 4.74 Å². The van der Waals surface area contributed by atoms with Crippen LogP contribution in [0.25, 0.3) is 0 Å². The monoisotopic (exact) mass is 594 g/mol. The molecule has 0 heterocycles. The number of hydrogen-bond donors (Lipinski definition) is 1. The molecule has 0 aliphatic carbocycles. The van der Waals surface area contributed by atoms with E-state index in [1.54, 1.807) is 0 Å². The van der Waals surface area contributed by atoms with Crippen molar-refractivity contribution in [3.8, 4) is 0 Å². The Morgan fingerprint density at radius 1 is 0.500 bits per heavy atom. The van der Waals surface area contributed by atoms with Gasteiger partial charge in [0.25, 0.3) is 0 Å². The predicted molar refractivity (Wildman–Crippen MR) is 188 cm³/mol. The largest absolute Gasteiger partial charge is 0.495 e. The van der Waals surface area contributed by atoms with Gasteiger partial charge in [0.15, 0.2) is 0 Å². The molecule has 0 atom stereocenters. The minimum atomic E-state index is 0.318. The fourth-order valence-electron chi connectivity index (χ4n) is 6.15. The van der Waals surface area contributed by atoms with Crippen LogP contribution in [0.2, 0.25) is 0 Å². The zero-order valence-electron chi connectivity index (χ0n) is 29.4. The second-order valence-electron chi connectivity index (χ2n) is 13.3. The Hall–Kier alpha value is -0.540. The Labute approximate surface area is 266 Å². The molecule has 0 saturated carbocycles. The first-order valence-corrected chi connectivity index (χ1v) is 19.3. The Morgan fingerprint density at radius 3 is 1.29 bits per heavy atom. The average molecular weight is 594 g/mol. The van der Waals surface area contributed by atoms with Gasteiger partial charge < -0.3 is 14.7 Å². The maximum atomic E-state index is 9.32. The van der Waals surface area contributed by atoms with E-state index in [-0.39, 0.29) is 0 Å². The number of aliphatic hydroxyl groups is 1. The molecular weight excluding hydrogens is 514 g/mol. The summed E-state index contributed by atoms with van der Waals surface area (Å²) in [4.78, 5) is 2.61. The number of aliphatic hydroxyl groups excluding tert-OH is 1. The number of ether oxygens (including phenoxy) is 1. The third kappa shape index (κ3) is 30.9.